The van der Waals surface area contributed by atoms with Gasteiger partial charge in [0.15, 0.2) is 0 Å². The van der Waals surface area contributed by atoms with Gasteiger partial charge in [-0.25, -0.2) is 4.79 Å². The van der Waals surface area contributed by atoms with E-state index in [1.165, 1.54) is 5.06 Å². The third-order valence-electron chi connectivity index (χ3n) is 2.02. The molecule has 0 spiro atoms. The van der Waals surface area contributed by atoms with Crippen molar-refractivity contribution >= 4 is 6.09 Å². The summed E-state index contributed by atoms with van der Waals surface area (Å²) in [6.45, 7) is 2.34. The van der Waals surface area contributed by atoms with Crippen molar-refractivity contribution in [1.29, 1.82) is 0 Å². The number of rotatable bonds is 0. The van der Waals surface area contributed by atoms with Gasteiger partial charge in [-0.1, -0.05) is 12.2 Å². The zero-order valence-corrected chi connectivity index (χ0v) is 6.90. The minimum atomic E-state index is -0.372. The number of cyclic esters (lactones) is 1. The molecule has 1 amide bonds. The molecule has 1 saturated heterocycles. The molecule has 2 atom stereocenters. The van der Waals surface area contributed by atoms with Crippen molar-refractivity contribution in [2.24, 2.45) is 0 Å². The molecule has 0 aliphatic carbocycles. The molecule has 2 rings (SSSR count). The quantitative estimate of drug-likeness (QED) is 0.509. The molecular weight excluding hydrogens is 158 g/mol. The summed E-state index contributed by atoms with van der Waals surface area (Å²) in [7, 11) is 0. The van der Waals surface area contributed by atoms with E-state index >= 15 is 0 Å². The summed E-state index contributed by atoms with van der Waals surface area (Å²) in [6, 6.07) is 0.0648. The zero-order chi connectivity index (χ0) is 8.55. The summed E-state index contributed by atoms with van der Waals surface area (Å²) >= 11 is 0. The highest BCUT2D eigenvalue weighted by molar-refractivity contribution is 5.68. The number of hydrogen-bond donors (Lipinski definition) is 0. The number of nitrogens with zero attached hydrogens (tertiary/aromatic N) is 1. The van der Waals surface area contributed by atoms with E-state index in [9.17, 15) is 4.79 Å². The Morgan fingerprint density at radius 2 is 2.50 bits per heavy atom. The Labute approximate surface area is 70.7 Å². The van der Waals surface area contributed by atoms with Crippen molar-refractivity contribution < 1.29 is 14.4 Å². The molecule has 2 aliphatic heterocycles. The van der Waals surface area contributed by atoms with E-state index in [0.717, 1.165) is 6.42 Å². The average molecular weight is 169 g/mol. The standard InChI is InChI=1S/C8H11NO3/c1-6-5-7-3-2-4-11-9(7)8(10)12-6/h2-3,6-7H,4-5H2,1H3/t6-,7+/m0/s1. The molecule has 2 aliphatic rings. The van der Waals surface area contributed by atoms with Crippen LogP contribution in [0.25, 0.3) is 0 Å². The smallest absolute Gasteiger partial charge is 0.434 e. The van der Waals surface area contributed by atoms with Crippen LogP contribution in [0.4, 0.5) is 4.79 Å². The van der Waals surface area contributed by atoms with Gasteiger partial charge in [0, 0.05) is 6.42 Å². The lowest BCUT2D eigenvalue weighted by Crippen LogP contribution is -2.48. The Kier molecular flexibility index (Phi) is 1.77. The lowest BCUT2D eigenvalue weighted by Gasteiger charge is -2.36. The maximum absolute atomic E-state index is 11.2. The van der Waals surface area contributed by atoms with Gasteiger partial charge in [0.25, 0.3) is 0 Å². The monoisotopic (exact) mass is 169 g/mol. The molecule has 0 bridgehead atoms. The number of fused-ring (bicyclic) bond motifs is 1. The molecule has 66 valence electrons. The van der Waals surface area contributed by atoms with Gasteiger partial charge >= 0.3 is 6.09 Å². The van der Waals surface area contributed by atoms with Crippen molar-refractivity contribution in [3.63, 3.8) is 0 Å². The summed E-state index contributed by atoms with van der Waals surface area (Å²) in [5, 5.41) is 1.31. The maximum atomic E-state index is 11.2. The van der Waals surface area contributed by atoms with Gasteiger partial charge < -0.3 is 4.74 Å². The van der Waals surface area contributed by atoms with Crippen molar-refractivity contribution in [3.8, 4) is 0 Å². The van der Waals surface area contributed by atoms with Crippen molar-refractivity contribution in [2.75, 3.05) is 6.61 Å². The molecule has 12 heavy (non-hydrogen) atoms. The molecule has 4 heteroatoms. The highest BCUT2D eigenvalue weighted by atomic mass is 16.7. The summed E-state index contributed by atoms with van der Waals surface area (Å²) in [5.74, 6) is 0. The molecular formula is C8H11NO3. The Morgan fingerprint density at radius 3 is 3.33 bits per heavy atom. The van der Waals surface area contributed by atoms with Gasteiger partial charge in [0.2, 0.25) is 0 Å². The Balaban J connectivity index is 2.15. The van der Waals surface area contributed by atoms with E-state index in [0.29, 0.717) is 6.61 Å². The second-order valence-corrected chi connectivity index (χ2v) is 3.05. The second kappa shape index (κ2) is 2.79. The van der Waals surface area contributed by atoms with E-state index in [4.69, 9.17) is 9.57 Å². The predicted octanol–water partition coefficient (Wildman–Crippen LogP) is 1.09. The van der Waals surface area contributed by atoms with Crippen LogP contribution < -0.4 is 0 Å². The first kappa shape index (κ1) is 7.61. The lowest BCUT2D eigenvalue weighted by molar-refractivity contribution is -0.177. The van der Waals surface area contributed by atoms with Crippen molar-refractivity contribution in [1.82, 2.24) is 5.06 Å². The number of carbonyl (C=O) groups excluding carboxylic acids is 1. The van der Waals surface area contributed by atoms with Crippen LogP contribution >= 0.6 is 0 Å². The maximum Gasteiger partial charge on any atom is 0.434 e. The first-order valence-corrected chi connectivity index (χ1v) is 4.07. The third kappa shape index (κ3) is 1.18. The Morgan fingerprint density at radius 1 is 1.67 bits per heavy atom. The SMILES string of the molecule is C[C@H]1C[C@H]2C=CCON2C(=O)O1. The minimum absolute atomic E-state index is 0.00917. The molecule has 0 aromatic rings. The van der Waals surface area contributed by atoms with Crippen molar-refractivity contribution in [2.45, 2.75) is 25.5 Å². The molecule has 1 fully saturated rings. The largest absolute Gasteiger partial charge is 0.445 e. The van der Waals surface area contributed by atoms with Crippen LogP contribution in [0.1, 0.15) is 13.3 Å². The fraction of sp³-hybridized carbons (Fsp3) is 0.625. The van der Waals surface area contributed by atoms with Crippen LogP contribution in [-0.2, 0) is 9.57 Å². The van der Waals surface area contributed by atoms with Crippen LogP contribution in [0.5, 0.6) is 0 Å². The van der Waals surface area contributed by atoms with Gasteiger partial charge in [0.1, 0.15) is 6.10 Å². The first-order valence-electron chi connectivity index (χ1n) is 4.07. The molecule has 0 radical (unpaired) electrons. The van der Waals surface area contributed by atoms with Gasteiger partial charge in [0.05, 0.1) is 12.6 Å². The minimum Gasteiger partial charge on any atom is -0.445 e. The van der Waals surface area contributed by atoms with E-state index < -0.39 is 0 Å². The third-order valence-corrected chi connectivity index (χ3v) is 2.02. The summed E-state index contributed by atoms with van der Waals surface area (Å²) in [5.41, 5.74) is 0. The molecule has 0 aromatic carbocycles. The molecule has 0 saturated carbocycles. The molecule has 0 aromatic heterocycles. The predicted molar refractivity (Wildman–Crippen MR) is 41.3 cm³/mol. The van der Waals surface area contributed by atoms with E-state index in [1.807, 2.05) is 19.1 Å². The van der Waals surface area contributed by atoms with Gasteiger partial charge in [-0.05, 0) is 6.92 Å². The molecule has 2 heterocycles. The molecule has 4 nitrogen and oxygen atoms in total. The normalized spacial score (nSPS) is 34.4. The molecule has 0 N–H and O–H groups in total. The summed E-state index contributed by atoms with van der Waals surface area (Å²) in [6.07, 6.45) is 4.34. The average Bonchev–Trinajstić information content (AvgIpc) is 2.04. The van der Waals surface area contributed by atoms with E-state index in [2.05, 4.69) is 0 Å². The number of carbonyl (C=O) groups is 1. The van der Waals surface area contributed by atoms with Gasteiger partial charge in [-0.3, -0.25) is 4.84 Å². The Hall–Kier alpha value is -1.03. The number of ether oxygens (including phenoxy) is 1. The fourth-order valence-electron chi connectivity index (χ4n) is 1.48. The summed E-state index contributed by atoms with van der Waals surface area (Å²) < 4.78 is 4.98. The van der Waals surface area contributed by atoms with Gasteiger partial charge in [-0.15, -0.1) is 0 Å². The highest BCUT2D eigenvalue weighted by Gasteiger charge is 2.34. The fourth-order valence-corrected chi connectivity index (χ4v) is 1.48. The Bertz CT molecular complexity index is 226. The molecule has 0 unspecified atom stereocenters. The number of hydroxylamine groups is 2. The van der Waals surface area contributed by atoms with E-state index in [-0.39, 0.29) is 18.2 Å². The van der Waals surface area contributed by atoms with Gasteiger partial charge in [-0.2, -0.15) is 5.06 Å². The van der Waals surface area contributed by atoms with Crippen LogP contribution in [-0.4, -0.2) is 29.9 Å². The number of amides is 1. The van der Waals surface area contributed by atoms with E-state index in [1.54, 1.807) is 0 Å². The van der Waals surface area contributed by atoms with Crippen LogP contribution in [0, 0.1) is 0 Å². The zero-order valence-electron chi connectivity index (χ0n) is 6.90. The lowest BCUT2D eigenvalue weighted by atomic mass is 10.1. The van der Waals surface area contributed by atoms with Crippen LogP contribution in [0.3, 0.4) is 0 Å². The van der Waals surface area contributed by atoms with Crippen molar-refractivity contribution in [3.05, 3.63) is 12.2 Å². The highest BCUT2D eigenvalue weighted by Crippen LogP contribution is 2.22. The number of hydrogen-bond acceptors (Lipinski definition) is 3. The second-order valence-electron chi connectivity index (χ2n) is 3.05. The topological polar surface area (TPSA) is 38.8 Å². The van der Waals surface area contributed by atoms with Crippen LogP contribution in [0.15, 0.2) is 12.2 Å². The van der Waals surface area contributed by atoms with Crippen LogP contribution in [0.2, 0.25) is 0 Å². The first-order chi connectivity index (χ1) is 5.77. The summed E-state index contributed by atoms with van der Waals surface area (Å²) in [4.78, 5) is 16.3.